The Morgan fingerprint density at radius 3 is 2.79 bits per heavy atom. The second-order valence-corrected chi connectivity index (χ2v) is 6.07. The van der Waals surface area contributed by atoms with Gasteiger partial charge in [-0.15, -0.1) is 0 Å². The largest absolute Gasteiger partial charge is 0.498 e. The molecule has 1 amide bonds. The molecule has 0 atom stereocenters. The SMILES string of the molecule is CCO/C(C)=C1/C(=O)N(c2nc3ccccc3s2)N=C1CC(=O)O. The van der Waals surface area contributed by atoms with Crippen LogP contribution in [0.25, 0.3) is 10.2 Å². The molecule has 0 saturated carbocycles. The fraction of sp³-hybridized carbons (Fsp3) is 0.250. The minimum Gasteiger partial charge on any atom is -0.498 e. The van der Waals surface area contributed by atoms with Crippen LogP contribution in [-0.2, 0) is 14.3 Å². The van der Waals surface area contributed by atoms with E-state index in [0.717, 1.165) is 15.2 Å². The monoisotopic (exact) mass is 345 g/mol. The molecule has 0 fully saturated rings. The predicted molar refractivity (Wildman–Crippen MR) is 91.1 cm³/mol. The van der Waals surface area contributed by atoms with E-state index in [1.807, 2.05) is 24.3 Å². The number of anilines is 1. The van der Waals surface area contributed by atoms with Gasteiger partial charge >= 0.3 is 5.97 Å². The number of carboxylic acids is 1. The summed E-state index contributed by atoms with van der Waals surface area (Å²) < 4.78 is 6.32. The Morgan fingerprint density at radius 1 is 1.38 bits per heavy atom. The van der Waals surface area contributed by atoms with E-state index in [-0.39, 0.29) is 17.7 Å². The van der Waals surface area contributed by atoms with Gasteiger partial charge in [-0.25, -0.2) is 4.98 Å². The molecule has 8 heteroatoms. The molecule has 1 aliphatic rings. The number of carbonyl (C=O) groups is 2. The van der Waals surface area contributed by atoms with Gasteiger partial charge in [-0.2, -0.15) is 10.1 Å². The van der Waals surface area contributed by atoms with Crippen molar-refractivity contribution >= 4 is 44.3 Å². The molecule has 0 spiro atoms. The average molecular weight is 345 g/mol. The van der Waals surface area contributed by atoms with Crippen LogP contribution in [0.5, 0.6) is 0 Å². The molecular weight excluding hydrogens is 330 g/mol. The molecule has 2 heterocycles. The smallest absolute Gasteiger partial charge is 0.309 e. The predicted octanol–water partition coefficient (Wildman–Crippen LogP) is 2.78. The van der Waals surface area contributed by atoms with Crippen LogP contribution < -0.4 is 5.01 Å². The minimum absolute atomic E-state index is 0.178. The van der Waals surface area contributed by atoms with Gasteiger partial charge in [0.05, 0.1) is 29.0 Å². The highest BCUT2D eigenvalue weighted by atomic mass is 32.1. The average Bonchev–Trinajstić information content (AvgIpc) is 3.08. The van der Waals surface area contributed by atoms with Crippen LogP contribution in [0.15, 0.2) is 40.7 Å². The summed E-state index contributed by atoms with van der Waals surface area (Å²) in [5.41, 5.74) is 1.13. The molecule has 1 aromatic carbocycles. The summed E-state index contributed by atoms with van der Waals surface area (Å²) in [6, 6.07) is 7.50. The Kier molecular flexibility index (Phi) is 4.30. The van der Waals surface area contributed by atoms with Crippen LogP contribution in [0.3, 0.4) is 0 Å². The number of aliphatic carboxylic acids is 1. The summed E-state index contributed by atoms with van der Waals surface area (Å²) >= 11 is 1.32. The van der Waals surface area contributed by atoms with Crippen LogP contribution >= 0.6 is 11.3 Å². The van der Waals surface area contributed by atoms with Gasteiger partial charge < -0.3 is 9.84 Å². The standard InChI is InChI=1S/C16H15N3O4S/c1-3-23-9(2)14-11(8-13(20)21)18-19(15(14)22)16-17-10-6-4-5-7-12(10)24-16/h4-7H,3,8H2,1-2H3,(H,20,21)/b14-9+. The van der Waals surface area contributed by atoms with Crippen LogP contribution in [0.4, 0.5) is 5.13 Å². The number of para-hydroxylation sites is 1. The van der Waals surface area contributed by atoms with Crippen LogP contribution in [0.1, 0.15) is 20.3 Å². The summed E-state index contributed by atoms with van der Waals surface area (Å²) in [4.78, 5) is 28.2. The fourth-order valence-corrected chi connectivity index (χ4v) is 3.35. The summed E-state index contributed by atoms with van der Waals surface area (Å²) in [6.45, 7) is 3.81. The molecule has 24 heavy (non-hydrogen) atoms. The van der Waals surface area contributed by atoms with E-state index in [0.29, 0.717) is 17.5 Å². The second kappa shape index (κ2) is 6.40. The maximum atomic E-state index is 12.7. The summed E-state index contributed by atoms with van der Waals surface area (Å²) in [5.74, 6) is -1.11. The lowest BCUT2D eigenvalue weighted by molar-refractivity contribution is -0.135. The summed E-state index contributed by atoms with van der Waals surface area (Å²) in [7, 11) is 0. The van der Waals surface area contributed by atoms with Gasteiger partial charge in [0, 0.05) is 0 Å². The summed E-state index contributed by atoms with van der Waals surface area (Å²) in [6.07, 6.45) is -0.354. The normalized spacial score (nSPS) is 16.5. The molecule has 7 nitrogen and oxygen atoms in total. The van der Waals surface area contributed by atoms with Gasteiger partial charge in [0.25, 0.3) is 5.91 Å². The number of thiazole rings is 1. The van der Waals surface area contributed by atoms with Gasteiger partial charge in [-0.3, -0.25) is 9.59 Å². The molecule has 1 aliphatic heterocycles. The highest BCUT2D eigenvalue weighted by Crippen LogP contribution is 2.33. The van der Waals surface area contributed by atoms with Gasteiger partial charge in [0.15, 0.2) is 0 Å². The van der Waals surface area contributed by atoms with Crippen molar-refractivity contribution < 1.29 is 19.4 Å². The molecule has 0 unspecified atom stereocenters. The number of rotatable bonds is 5. The summed E-state index contributed by atoms with van der Waals surface area (Å²) in [5, 5.41) is 14.8. The number of ether oxygens (including phenoxy) is 1. The van der Waals surface area contributed by atoms with Crippen LogP contribution in [-0.4, -0.2) is 34.3 Å². The van der Waals surface area contributed by atoms with E-state index < -0.39 is 11.9 Å². The van der Waals surface area contributed by atoms with Crippen molar-refractivity contribution in [3.05, 3.63) is 35.6 Å². The number of nitrogens with zero attached hydrogens (tertiary/aromatic N) is 3. The number of amides is 1. The Hall–Kier alpha value is -2.74. The van der Waals surface area contributed by atoms with E-state index >= 15 is 0 Å². The number of fused-ring (bicyclic) bond motifs is 1. The number of carbonyl (C=O) groups excluding carboxylic acids is 1. The van der Waals surface area contributed by atoms with Gasteiger partial charge in [-0.05, 0) is 26.0 Å². The third-order valence-corrected chi connectivity index (χ3v) is 4.42. The third kappa shape index (κ3) is 2.88. The molecule has 1 aromatic heterocycles. The molecule has 0 aliphatic carbocycles. The molecular formula is C16H15N3O4S. The van der Waals surface area contributed by atoms with E-state index in [2.05, 4.69) is 10.1 Å². The Morgan fingerprint density at radius 2 is 2.12 bits per heavy atom. The maximum Gasteiger partial charge on any atom is 0.309 e. The quantitative estimate of drug-likeness (QED) is 0.664. The third-order valence-electron chi connectivity index (χ3n) is 3.41. The zero-order valence-electron chi connectivity index (χ0n) is 13.1. The second-order valence-electron chi connectivity index (χ2n) is 5.06. The van der Waals surface area contributed by atoms with Crippen LogP contribution in [0, 0.1) is 0 Å². The van der Waals surface area contributed by atoms with Crippen molar-refractivity contribution in [3.63, 3.8) is 0 Å². The first kappa shape index (κ1) is 16.1. The molecule has 3 rings (SSSR count). The van der Waals surface area contributed by atoms with E-state index in [1.165, 1.54) is 11.3 Å². The van der Waals surface area contributed by atoms with Gasteiger partial charge in [0.1, 0.15) is 11.3 Å². The number of carboxylic acid groups (broad SMARTS) is 1. The number of hydrazone groups is 1. The molecule has 0 radical (unpaired) electrons. The van der Waals surface area contributed by atoms with Gasteiger partial charge in [0.2, 0.25) is 5.13 Å². The van der Waals surface area contributed by atoms with E-state index in [1.54, 1.807) is 13.8 Å². The van der Waals surface area contributed by atoms with Crippen molar-refractivity contribution in [3.8, 4) is 0 Å². The topological polar surface area (TPSA) is 92.1 Å². The van der Waals surface area contributed by atoms with E-state index in [4.69, 9.17) is 9.84 Å². The highest BCUT2D eigenvalue weighted by Gasteiger charge is 2.36. The zero-order chi connectivity index (χ0) is 17.3. The number of benzene rings is 1. The lowest BCUT2D eigenvalue weighted by Crippen LogP contribution is -2.22. The molecule has 0 bridgehead atoms. The molecule has 1 N–H and O–H groups in total. The lowest BCUT2D eigenvalue weighted by Gasteiger charge is -2.09. The van der Waals surface area contributed by atoms with Crippen molar-refractivity contribution in [2.24, 2.45) is 5.10 Å². The van der Waals surface area contributed by atoms with Crippen LogP contribution in [0.2, 0.25) is 0 Å². The Bertz CT molecular complexity index is 851. The Balaban J connectivity index is 2.05. The van der Waals surface area contributed by atoms with E-state index in [9.17, 15) is 9.59 Å². The minimum atomic E-state index is -1.06. The zero-order valence-corrected chi connectivity index (χ0v) is 14.0. The maximum absolute atomic E-state index is 12.7. The lowest BCUT2D eigenvalue weighted by atomic mass is 10.1. The van der Waals surface area contributed by atoms with Crippen molar-refractivity contribution in [2.45, 2.75) is 20.3 Å². The number of aromatic nitrogens is 1. The number of hydrogen-bond donors (Lipinski definition) is 1. The first-order valence-corrected chi connectivity index (χ1v) is 8.16. The molecule has 2 aromatic rings. The fourth-order valence-electron chi connectivity index (χ4n) is 2.44. The molecule has 124 valence electrons. The van der Waals surface area contributed by atoms with Gasteiger partial charge in [-0.1, -0.05) is 23.5 Å². The van der Waals surface area contributed by atoms with Crippen molar-refractivity contribution in [2.75, 3.05) is 11.6 Å². The van der Waals surface area contributed by atoms with Crippen molar-refractivity contribution in [1.29, 1.82) is 0 Å². The number of allylic oxidation sites excluding steroid dienone is 1. The molecule has 0 saturated heterocycles. The first-order valence-electron chi connectivity index (χ1n) is 7.34. The Labute approximate surface area is 141 Å². The highest BCUT2D eigenvalue weighted by molar-refractivity contribution is 7.22. The number of hydrogen-bond acceptors (Lipinski definition) is 6. The van der Waals surface area contributed by atoms with Crippen molar-refractivity contribution in [1.82, 2.24) is 4.98 Å². The first-order chi connectivity index (χ1) is 11.5.